The number of ether oxygens (including phenoxy) is 2. The van der Waals surface area contributed by atoms with Crippen LogP contribution in [0.2, 0.25) is 0 Å². The zero-order valence-electron chi connectivity index (χ0n) is 18.5. The van der Waals surface area contributed by atoms with E-state index in [-0.39, 0.29) is 11.7 Å². The van der Waals surface area contributed by atoms with Gasteiger partial charge in [0, 0.05) is 33.6 Å². The summed E-state index contributed by atoms with van der Waals surface area (Å²) in [6.45, 7) is 0.858. The molecule has 1 aliphatic rings. The van der Waals surface area contributed by atoms with Gasteiger partial charge in [0.15, 0.2) is 0 Å². The molecule has 0 atom stereocenters. The molecule has 6 heteroatoms. The highest BCUT2D eigenvalue weighted by Gasteiger charge is 2.18. The molecule has 0 bridgehead atoms. The first-order chi connectivity index (χ1) is 16.7. The molecule has 0 saturated heterocycles. The minimum absolute atomic E-state index is 0.285. The Kier molecular flexibility index (Phi) is 5.95. The number of nitrogens with one attached hydrogen (secondary N) is 4. The van der Waals surface area contributed by atoms with E-state index in [1.165, 1.54) is 0 Å². The van der Waals surface area contributed by atoms with E-state index < -0.39 is 0 Å². The highest BCUT2D eigenvalue weighted by Crippen LogP contribution is 2.39. The molecule has 5 rings (SSSR count). The Balaban J connectivity index is 1.50. The molecule has 4 aromatic rings. The van der Waals surface area contributed by atoms with Gasteiger partial charge in [0.25, 0.3) is 0 Å². The second kappa shape index (κ2) is 9.50. The summed E-state index contributed by atoms with van der Waals surface area (Å²) < 4.78 is 11.9. The van der Waals surface area contributed by atoms with Gasteiger partial charge < -0.3 is 20.1 Å². The first-order valence-electron chi connectivity index (χ1n) is 11.0. The lowest BCUT2D eigenvalue weighted by Gasteiger charge is -2.21. The van der Waals surface area contributed by atoms with Crippen molar-refractivity contribution in [2.45, 2.75) is 0 Å². The predicted molar refractivity (Wildman–Crippen MR) is 137 cm³/mol. The largest absolute Gasteiger partial charge is 0.489 e. The average Bonchev–Trinajstić information content (AvgIpc) is 2.86. The van der Waals surface area contributed by atoms with E-state index >= 15 is 0 Å². The minimum Gasteiger partial charge on any atom is -0.489 e. The lowest BCUT2D eigenvalue weighted by Crippen LogP contribution is -2.16. The van der Waals surface area contributed by atoms with Crippen LogP contribution in [0.15, 0.2) is 97.1 Å². The topological polar surface area (TPSA) is 90.2 Å². The molecule has 0 saturated carbocycles. The van der Waals surface area contributed by atoms with Gasteiger partial charge in [-0.25, -0.2) is 0 Å². The maximum atomic E-state index is 8.57. The summed E-state index contributed by atoms with van der Waals surface area (Å²) >= 11 is 0. The van der Waals surface area contributed by atoms with Crippen LogP contribution in [0.5, 0.6) is 11.5 Å². The number of amidine groups is 2. The van der Waals surface area contributed by atoms with E-state index in [2.05, 4.69) is 10.6 Å². The smallest absolute Gasteiger partial charge is 0.129 e. The highest BCUT2D eigenvalue weighted by atomic mass is 16.5. The Hall–Kier alpha value is -4.58. The third-order valence-corrected chi connectivity index (χ3v) is 5.51. The zero-order chi connectivity index (χ0) is 23.3. The van der Waals surface area contributed by atoms with Crippen LogP contribution in [0.4, 0.5) is 11.4 Å². The summed E-state index contributed by atoms with van der Waals surface area (Å²) in [6, 6.07) is 30.7. The van der Waals surface area contributed by atoms with Crippen LogP contribution in [0.25, 0.3) is 11.1 Å². The van der Waals surface area contributed by atoms with Crippen molar-refractivity contribution >= 4 is 23.0 Å². The lowest BCUT2D eigenvalue weighted by molar-refractivity contribution is 0.214. The first-order valence-corrected chi connectivity index (χ1v) is 11.0. The average molecular weight is 449 g/mol. The van der Waals surface area contributed by atoms with Gasteiger partial charge in [-0.15, -0.1) is 0 Å². The number of fused-ring (bicyclic) bond motifs is 3. The van der Waals surface area contributed by atoms with Crippen molar-refractivity contribution in [1.82, 2.24) is 0 Å². The normalized spacial score (nSPS) is 12.0. The third kappa shape index (κ3) is 4.61. The maximum Gasteiger partial charge on any atom is 0.129 e. The SMILES string of the molecule is N=C(Nc1ccccc1)c1ccc2c(c1)-c1cc(C(=N)Nc3ccccc3)ccc1OCCO2. The number of rotatable bonds is 4. The van der Waals surface area contributed by atoms with Gasteiger partial charge in [-0.3, -0.25) is 10.8 Å². The van der Waals surface area contributed by atoms with E-state index in [9.17, 15) is 0 Å². The fraction of sp³-hybridized carbons (Fsp3) is 0.0714. The van der Waals surface area contributed by atoms with Crippen LogP contribution < -0.4 is 20.1 Å². The van der Waals surface area contributed by atoms with E-state index in [1.54, 1.807) is 0 Å². The molecular weight excluding hydrogens is 424 g/mol. The molecule has 0 spiro atoms. The molecule has 0 unspecified atom stereocenters. The van der Waals surface area contributed by atoms with Crippen molar-refractivity contribution in [2.24, 2.45) is 0 Å². The number of hydrogen-bond acceptors (Lipinski definition) is 4. The second-order valence-electron chi connectivity index (χ2n) is 7.85. The molecule has 34 heavy (non-hydrogen) atoms. The molecule has 0 aliphatic carbocycles. The quantitative estimate of drug-likeness (QED) is 0.228. The first kappa shape index (κ1) is 21.3. The summed E-state index contributed by atoms with van der Waals surface area (Å²) in [4.78, 5) is 0. The second-order valence-corrected chi connectivity index (χ2v) is 7.85. The van der Waals surface area contributed by atoms with Gasteiger partial charge in [0.1, 0.15) is 36.4 Å². The number of benzene rings is 4. The summed E-state index contributed by atoms with van der Waals surface area (Å²) in [5.74, 6) is 2.02. The number of hydrogen-bond donors (Lipinski definition) is 4. The summed E-state index contributed by atoms with van der Waals surface area (Å²) in [5.41, 5.74) is 4.78. The van der Waals surface area contributed by atoms with Crippen molar-refractivity contribution in [3.05, 3.63) is 108 Å². The zero-order valence-corrected chi connectivity index (χ0v) is 18.5. The van der Waals surface area contributed by atoms with Crippen molar-refractivity contribution < 1.29 is 9.47 Å². The molecule has 0 aromatic heterocycles. The molecule has 6 nitrogen and oxygen atoms in total. The molecular formula is C28H24N4O2. The summed E-state index contributed by atoms with van der Waals surface area (Å²) in [6.07, 6.45) is 0. The third-order valence-electron chi connectivity index (χ3n) is 5.51. The van der Waals surface area contributed by atoms with Crippen LogP contribution in [-0.4, -0.2) is 24.9 Å². The van der Waals surface area contributed by atoms with E-state index in [4.69, 9.17) is 20.3 Å². The summed E-state index contributed by atoms with van der Waals surface area (Å²) in [5, 5.41) is 23.4. The van der Waals surface area contributed by atoms with Crippen molar-refractivity contribution in [3.8, 4) is 22.6 Å². The molecule has 4 aromatic carbocycles. The fourth-order valence-electron chi connectivity index (χ4n) is 3.82. The van der Waals surface area contributed by atoms with Gasteiger partial charge >= 0.3 is 0 Å². The van der Waals surface area contributed by atoms with Crippen LogP contribution in [0.1, 0.15) is 11.1 Å². The van der Waals surface area contributed by atoms with Gasteiger partial charge in [0.05, 0.1) is 0 Å². The van der Waals surface area contributed by atoms with Crippen LogP contribution in [0, 0.1) is 10.8 Å². The molecule has 0 fully saturated rings. The number of para-hydroxylation sites is 2. The van der Waals surface area contributed by atoms with Crippen molar-refractivity contribution in [2.75, 3.05) is 23.8 Å². The Bertz CT molecular complexity index is 1230. The van der Waals surface area contributed by atoms with E-state index in [0.29, 0.717) is 13.2 Å². The predicted octanol–water partition coefficient (Wildman–Crippen LogP) is 6.00. The Morgan fingerprint density at radius 1 is 0.559 bits per heavy atom. The van der Waals surface area contributed by atoms with Crippen LogP contribution >= 0.6 is 0 Å². The molecule has 0 amide bonds. The standard InChI is InChI=1S/C28H24N4O2/c29-27(31-21-7-3-1-4-8-21)19-11-13-25-23(17-19)24-18-20(12-14-26(24)34-16-15-33-25)28(30)32-22-9-5-2-6-10-22/h1-14,17-18H,15-16H2,(H2,29,31)(H2,30,32). The van der Waals surface area contributed by atoms with Crippen LogP contribution in [0.3, 0.4) is 0 Å². The lowest BCUT2D eigenvalue weighted by atomic mass is 9.97. The Morgan fingerprint density at radius 2 is 0.971 bits per heavy atom. The monoisotopic (exact) mass is 448 g/mol. The van der Waals surface area contributed by atoms with Gasteiger partial charge in [-0.05, 0) is 60.7 Å². The van der Waals surface area contributed by atoms with Gasteiger partial charge in [0.2, 0.25) is 0 Å². The summed E-state index contributed by atoms with van der Waals surface area (Å²) in [7, 11) is 0. The molecule has 1 aliphatic heterocycles. The molecule has 0 radical (unpaired) electrons. The molecule has 4 N–H and O–H groups in total. The Labute approximate surface area is 198 Å². The van der Waals surface area contributed by atoms with Crippen LogP contribution in [-0.2, 0) is 0 Å². The Morgan fingerprint density at radius 3 is 1.38 bits per heavy atom. The van der Waals surface area contributed by atoms with Gasteiger partial charge in [-0.1, -0.05) is 36.4 Å². The molecule has 168 valence electrons. The molecule has 1 heterocycles. The minimum atomic E-state index is 0.285. The van der Waals surface area contributed by atoms with Crippen molar-refractivity contribution in [1.29, 1.82) is 10.8 Å². The fourth-order valence-corrected chi connectivity index (χ4v) is 3.82. The highest BCUT2D eigenvalue weighted by molar-refractivity contribution is 6.08. The maximum absolute atomic E-state index is 8.57. The number of anilines is 2. The van der Waals surface area contributed by atoms with Gasteiger partial charge in [-0.2, -0.15) is 0 Å². The van der Waals surface area contributed by atoms with E-state index in [1.807, 2.05) is 97.1 Å². The van der Waals surface area contributed by atoms with E-state index in [0.717, 1.165) is 45.1 Å². The van der Waals surface area contributed by atoms with Crippen molar-refractivity contribution in [3.63, 3.8) is 0 Å².